The molecule has 66 valence electrons. The van der Waals surface area contributed by atoms with Gasteiger partial charge in [0.1, 0.15) is 11.0 Å². The average Bonchev–Trinajstić information content (AvgIpc) is 2.05. The van der Waals surface area contributed by atoms with Gasteiger partial charge in [-0.25, -0.2) is 9.97 Å². The highest BCUT2D eigenvalue weighted by Gasteiger charge is 2.07. The van der Waals surface area contributed by atoms with Crippen molar-refractivity contribution in [2.75, 3.05) is 6.54 Å². The number of halogens is 1. The van der Waals surface area contributed by atoms with Crippen molar-refractivity contribution in [1.82, 2.24) is 9.97 Å². The Bertz CT molecular complexity index is 253. The second kappa shape index (κ2) is 4.35. The zero-order valence-electron chi connectivity index (χ0n) is 6.57. The number of aromatic nitrogens is 2. The average molecular weight is 187 g/mol. The first-order chi connectivity index (χ1) is 5.74. The van der Waals surface area contributed by atoms with Gasteiger partial charge < -0.3 is 11.5 Å². The highest BCUT2D eigenvalue weighted by Crippen LogP contribution is 2.10. The molecule has 1 heterocycles. The lowest BCUT2D eigenvalue weighted by Crippen LogP contribution is -2.17. The second-order valence-electron chi connectivity index (χ2n) is 2.42. The number of hydrogen-bond acceptors (Lipinski definition) is 4. The van der Waals surface area contributed by atoms with Gasteiger partial charge in [0.05, 0.1) is 6.04 Å². The van der Waals surface area contributed by atoms with E-state index in [4.69, 9.17) is 23.1 Å². The maximum Gasteiger partial charge on any atom is 0.146 e. The van der Waals surface area contributed by atoms with E-state index >= 15 is 0 Å². The van der Waals surface area contributed by atoms with Gasteiger partial charge in [0, 0.05) is 6.20 Å². The van der Waals surface area contributed by atoms with Crippen LogP contribution in [-0.4, -0.2) is 16.5 Å². The van der Waals surface area contributed by atoms with E-state index in [1.807, 2.05) is 0 Å². The molecule has 4 N–H and O–H groups in total. The predicted molar refractivity (Wildman–Crippen MR) is 47.6 cm³/mol. The summed E-state index contributed by atoms with van der Waals surface area (Å²) in [5.41, 5.74) is 11.0. The molecule has 0 fully saturated rings. The van der Waals surface area contributed by atoms with E-state index in [1.165, 1.54) is 0 Å². The Morgan fingerprint density at radius 2 is 2.33 bits per heavy atom. The van der Waals surface area contributed by atoms with E-state index in [-0.39, 0.29) is 6.04 Å². The first kappa shape index (κ1) is 9.38. The fraction of sp³-hybridized carbons (Fsp3) is 0.429. The molecule has 0 saturated heterocycles. The predicted octanol–water partition coefficient (Wildman–Crippen LogP) is 0.479. The summed E-state index contributed by atoms with van der Waals surface area (Å²) in [6.07, 6.45) is 2.25. The van der Waals surface area contributed by atoms with Crippen molar-refractivity contribution in [2.45, 2.75) is 12.5 Å². The minimum atomic E-state index is -0.214. The number of nitrogens with zero attached hydrogens (tertiary/aromatic N) is 2. The zero-order valence-corrected chi connectivity index (χ0v) is 7.33. The first-order valence-electron chi connectivity index (χ1n) is 3.68. The minimum absolute atomic E-state index is 0.214. The minimum Gasteiger partial charge on any atom is -0.330 e. The van der Waals surface area contributed by atoms with Crippen LogP contribution < -0.4 is 11.5 Å². The van der Waals surface area contributed by atoms with Crippen LogP contribution >= 0.6 is 11.6 Å². The molecule has 1 aromatic heterocycles. The van der Waals surface area contributed by atoms with Gasteiger partial charge in [0.2, 0.25) is 0 Å². The van der Waals surface area contributed by atoms with Crippen LogP contribution in [0.5, 0.6) is 0 Å². The molecule has 0 saturated carbocycles. The first-order valence-corrected chi connectivity index (χ1v) is 4.06. The summed E-state index contributed by atoms with van der Waals surface area (Å²) in [6, 6.07) is 1.40. The largest absolute Gasteiger partial charge is 0.330 e. The molecule has 1 atom stereocenters. The molecular formula is C7H11ClN4. The van der Waals surface area contributed by atoms with Crippen LogP contribution in [0.2, 0.25) is 5.15 Å². The molecule has 1 unspecified atom stereocenters. The van der Waals surface area contributed by atoms with Crippen LogP contribution in [0.3, 0.4) is 0 Å². The Kier molecular flexibility index (Phi) is 3.40. The number of nitrogens with two attached hydrogens (primary N) is 2. The van der Waals surface area contributed by atoms with Crippen molar-refractivity contribution in [1.29, 1.82) is 0 Å². The molecule has 0 aliphatic heterocycles. The van der Waals surface area contributed by atoms with Crippen LogP contribution in [0, 0.1) is 0 Å². The SMILES string of the molecule is NCCC(N)c1nccc(Cl)n1. The van der Waals surface area contributed by atoms with Gasteiger partial charge >= 0.3 is 0 Å². The summed E-state index contributed by atoms with van der Waals surface area (Å²) < 4.78 is 0. The highest BCUT2D eigenvalue weighted by molar-refractivity contribution is 6.29. The van der Waals surface area contributed by atoms with Crippen molar-refractivity contribution < 1.29 is 0 Å². The van der Waals surface area contributed by atoms with Crippen molar-refractivity contribution in [3.05, 3.63) is 23.2 Å². The summed E-state index contributed by atoms with van der Waals surface area (Å²) in [5.74, 6) is 0.549. The van der Waals surface area contributed by atoms with Crippen LogP contribution in [0.1, 0.15) is 18.3 Å². The maximum atomic E-state index is 5.71. The van der Waals surface area contributed by atoms with Gasteiger partial charge in [0.15, 0.2) is 0 Å². The lowest BCUT2D eigenvalue weighted by molar-refractivity contribution is 0.620. The molecule has 12 heavy (non-hydrogen) atoms. The second-order valence-corrected chi connectivity index (χ2v) is 2.81. The summed E-state index contributed by atoms with van der Waals surface area (Å²) >= 11 is 5.65. The highest BCUT2D eigenvalue weighted by atomic mass is 35.5. The molecule has 0 spiro atoms. The fourth-order valence-corrected chi connectivity index (χ4v) is 0.981. The quantitative estimate of drug-likeness (QED) is 0.674. The van der Waals surface area contributed by atoms with Crippen molar-refractivity contribution >= 4 is 11.6 Å². The van der Waals surface area contributed by atoms with E-state index in [9.17, 15) is 0 Å². The van der Waals surface area contributed by atoms with E-state index in [2.05, 4.69) is 9.97 Å². The molecule has 5 heteroatoms. The zero-order chi connectivity index (χ0) is 8.97. The Morgan fingerprint density at radius 1 is 1.58 bits per heavy atom. The fourth-order valence-electron chi connectivity index (χ4n) is 0.838. The van der Waals surface area contributed by atoms with E-state index < -0.39 is 0 Å². The lowest BCUT2D eigenvalue weighted by atomic mass is 10.2. The molecule has 0 aliphatic rings. The molecule has 0 radical (unpaired) electrons. The van der Waals surface area contributed by atoms with Crippen molar-refractivity contribution in [2.24, 2.45) is 11.5 Å². The van der Waals surface area contributed by atoms with Crippen molar-refractivity contribution in [3.8, 4) is 0 Å². The number of hydrogen-bond donors (Lipinski definition) is 2. The smallest absolute Gasteiger partial charge is 0.146 e. The van der Waals surface area contributed by atoms with E-state index in [0.29, 0.717) is 23.9 Å². The van der Waals surface area contributed by atoms with E-state index in [1.54, 1.807) is 12.3 Å². The molecular weight excluding hydrogens is 176 g/mol. The third-order valence-corrected chi connectivity index (χ3v) is 1.66. The maximum absolute atomic E-state index is 5.71. The topological polar surface area (TPSA) is 77.8 Å². The van der Waals surface area contributed by atoms with Gasteiger partial charge in [-0.15, -0.1) is 0 Å². The summed E-state index contributed by atoms with van der Waals surface area (Å²) in [4.78, 5) is 7.95. The third-order valence-electron chi connectivity index (χ3n) is 1.45. The molecule has 0 aromatic carbocycles. The molecule has 1 aromatic rings. The normalized spacial score (nSPS) is 12.9. The Labute approximate surface area is 75.9 Å². The molecule has 4 nitrogen and oxygen atoms in total. The van der Waals surface area contributed by atoms with Crippen molar-refractivity contribution in [3.63, 3.8) is 0 Å². The molecule has 0 bridgehead atoms. The molecule has 1 rings (SSSR count). The Hall–Kier alpha value is -0.710. The Morgan fingerprint density at radius 3 is 2.92 bits per heavy atom. The van der Waals surface area contributed by atoms with Crippen LogP contribution in [0.25, 0.3) is 0 Å². The van der Waals surface area contributed by atoms with Gasteiger partial charge in [-0.1, -0.05) is 11.6 Å². The Balaban J connectivity index is 2.73. The third kappa shape index (κ3) is 2.41. The summed E-state index contributed by atoms with van der Waals surface area (Å²) in [7, 11) is 0. The van der Waals surface area contributed by atoms with Gasteiger partial charge in [-0.2, -0.15) is 0 Å². The standard InChI is InChI=1S/C7H11ClN4/c8-6-2-4-11-7(12-6)5(10)1-3-9/h2,4-5H,1,3,9-10H2. The lowest BCUT2D eigenvalue weighted by Gasteiger charge is -2.07. The summed E-state index contributed by atoms with van der Waals surface area (Å²) in [5, 5.41) is 0.410. The van der Waals surface area contributed by atoms with Crippen LogP contribution in [-0.2, 0) is 0 Å². The monoisotopic (exact) mass is 186 g/mol. The molecule has 0 amide bonds. The number of rotatable bonds is 3. The van der Waals surface area contributed by atoms with Gasteiger partial charge in [-0.3, -0.25) is 0 Å². The van der Waals surface area contributed by atoms with Gasteiger partial charge in [0.25, 0.3) is 0 Å². The van der Waals surface area contributed by atoms with Crippen LogP contribution in [0.15, 0.2) is 12.3 Å². The summed E-state index contributed by atoms with van der Waals surface area (Å²) in [6.45, 7) is 0.525. The molecule has 0 aliphatic carbocycles. The van der Waals surface area contributed by atoms with E-state index in [0.717, 1.165) is 0 Å². The van der Waals surface area contributed by atoms with Gasteiger partial charge in [-0.05, 0) is 19.0 Å². The van der Waals surface area contributed by atoms with Crippen LogP contribution in [0.4, 0.5) is 0 Å².